The number of halogens is 3. The minimum absolute atomic E-state index is 0.243. The van der Waals surface area contributed by atoms with Gasteiger partial charge in [-0.05, 0) is 13.3 Å². The lowest BCUT2D eigenvalue weighted by molar-refractivity contribution is -0.140. The number of unbranched alkanes of at least 4 members (excludes halogenated alkanes) is 1. The molecule has 0 aromatic carbocycles. The predicted molar refractivity (Wildman–Crippen MR) is 62.8 cm³/mol. The van der Waals surface area contributed by atoms with E-state index in [9.17, 15) is 22.8 Å². The summed E-state index contributed by atoms with van der Waals surface area (Å²) < 4.78 is 36.1. The molecule has 2 atom stereocenters. The van der Waals surface area contributed by atoms with Gasteiger partial charge in [0.2, 0.25) is 0 Å². The van der Waals surface area contributed by atoms with E-state index in [1.165, 1.54) is 6.92 Å². The van der Waals surface area contributed by atoms with Crippen LogP contribution in [-0.2, 0) is 4.79 Å². The summed E-state index contributed by atoms with van der Waals surface area (Å²) in [5.41, 5.74) is 0. The van der Waals surface area contributed by atoms with Crippen LogP contribution in [0.4, 0.5) is 18.0 Å². The molecule has 0 bridgehead atoms. The van der Waals surface area contributed by atoms with Crippen molar-refractivity contribution in [3.8, 4) is 0 Å². The second kappa shape index (κ2) is 7.85. The molecule has 0 aromatic heterocycles. The van der Waals surface area contributed by atoms with Crippen molar-refractivity contribution in [2.45, 2.75) is 57.8 Å². The molecule has 19 heavy (non-hydrogen) atoms. The molecule has 0 rings (SSSR count). The van der Waals surface area contributed by atoms with Crippen LogP contribution in [0.15, 0.2) is 0 Å². The Morgan fingerprint density at radius 1 is 1.26 bits per heavy atom. The summed E-state index contributed by atoms with van der Waals surface area (Å²) in [7, 11) is 0. The van der Waals surface area contributed by atoms with Crippen LogP contribution in [0.1, 0.15) is 39.5 Å². The average Bonchev–Trinajstić information content (AvgIpc) is 2.20. The van der Waals surface area contributed by atoms with E-state index in [-0.39, 0.29) is 6.42 Å². The van der Waals surface area contributed by atoms with E-state index in [0.717, 1.165) is 6.42 Å². The molecule has 0 aliphatic carbocycles. The fourth-order valence-electron chi connectivity index (χ4n) is 1.49. The Kier molecular flexibility index (Phi) is 7.25. The second-order valence-corrected chi connectivity index (χ2v) is 4.37. The SMILES string of the molecule is CCCCC(NC(=O)NC(C)CC(F)(F)F)C(=O)O. The molecule has 0 heterocycles. The van der Waals surface area contributed by atoms with Crippen molar-refractivity contribution in [1.82, 2.24) is 10.6 Å². The number of urea groups is 1. The summed E-state index contributed by atoms with van der Waals surface area (Å²) in [4.78, 5) is 22.2. The fourth-order valence-corrected chi connectivity index (χ4v) is 1.49. The molecule has 3 N–H and O–H groups in total. The third-order valence-corrected chi connectivity index (χ3v) is 2.36. The number of carbonyl (C=O) groups excluding carboxylic acids is 1. The first kappa shape index (κ1) is 17.5. The van der Waals surface area contributed by atoms with E-state index in [1.807, 2.05) is 6.92 Å². The number of carboxylic acid groups (broad SMARTS) is 1. The summed E-state index contributed by atoms with van der Waals surface area (Å²) in [6.45, 7) is 3.07. The van der Waals surface area contributed by atoms with Gasteiger partial charge in [-0.2, -0.15) is 13.2 Å². The zero-order valence-corrected chi connectivity index (χ0v) is 10.9. The highest BCUT2D eigenvalue weighted by Gasteiger charge is 2.31. The predicted octanol–water partition coefficient (Wildman–Crippen LogP) is 2.27. The molecule has 0 saturated carbocycles. The number of hydrogen-bond donors (Lipinski definition) is 3. The standard InChI is InChI=1S/C11H19F3N2O3/c1-3-4-5-8(9(17)18)16-10(19)15-7(2)6-11(12,13)14/h7-8H,3-6H2,1-2H3,(H,17,18)(H2,15,16,19). The molecule has 0 radical (unpaired) electrons. The largest absolute Gasteiger partial charge is 0.480 e. The lowest BCUT2D eigenvalue weighted by Gasteiger charge is -2.19. The van der Waals surface area contributed by atoms with Gasteiger partial charge < -0.3 is 15.7 Å². The molecule has 0 fully saturated rings. The lowest BCUT2D eigenvalue weighted by atomic mass is 10.1. The molecular formula is C11H19F3N2O3. The maximum atomic E-state index is 12.0. The second-order valence-electron chi connectivity index (χ2n) is 4.37. The van der Waals surface area contributed by atoms with Crippen LogP contribution in [-0.4, -0.2) is 35.4 Å². The van der Waals surface area contributed by atoms with E-state index in [4.69, 9.17) is 5.11 Å². The van der Waals surface area contributed by atoms with E-state index in [0.29, 0.717) is 6.42 Å². The summed E-state index contributed by atoms with van der Waals surface area (Å²) in [5.74, 6) is -1.20. The van der Waals surface area contributed by atoms with E-state index >= 15 is 0 Å². The topological polar surface area (TPSA) is 78.4 Å². The molecule has 5 nitrogen and oxygen atoms in total. The molecule has 0 aromatic rings. The number of amides is 2. The summed E-state index contributed by atoms with van der Waals surface area (Å²) in [5, 5.41) is 13.1. The van der Waals surface area contributed by atoms with Gasteiger partial charge in [-0.25, -0.2) is 9.59 Å². The first-order valence-corrected chi connectivity index (χ1v) is 6.02. The van der Waals surface area contributed by atoms with Crippen molar-refractivity contribution in [2.24, 2.45) is 0 Å². The highest BCUT2D eigenvalue weighted by atomic mass is 19.4. The summed E-state index contributed by atoms with van der Waals surface area (Å²) in [6, 6.07) is -3.10. The van der Waals surface area contributed by atoms with Crippen molar-refractivity contribution in [3.05, 3.63) is 0 Å². The number of nitrogens with one attached hydrogen (secondary N) is 2. The number of rotatable bonds is 7. The Bertz CT molecular complexity index is 308. The average molecular weight is 284 g/mol. The van der Waals surface area contributed by atoms with Crippen molar-refractivity contribution in [2.75, 3.05) is 0 Å². The van der Waals surface area contributed by atoms with Crippen molar-refractivity contribution >= 4 is 12.0 Å². The number of carboxylic acids is 1. The normalized spacial score (nSPS) is 14.6. The van der Waals surface area contributed by atoms with Crippen LogP contribution < -0.4 is 10.6 Å². The van der Waals surface area contributed by atoms with E-state index < -0.39 is 36.7 Å². The number of hydrogen-bond acceptors (Lipinski definition) is 2. The van der Waals surface area contributed by atoms with Crippen LogP contribution >= 0.6 is 0 Å². The minimum Gasteiger partial charge on any atom is -0.480 e. The third-order valence-electron chi connectivity index (χ3n) is 2.36. The molecule has 2 amide bonds. The number of carbonyl (C=O) groups is 2. The van der Waals surface area contributed by atoms with Gasteiger partial charge in [0.05, 0.1) is 6.42 Å². The van der Waals surface area contributed by atoms with Gasteiger partial charge >= 0.3 is 18.2 Å². The zero-order valence-electron chi connectivity index (χ0n) is 10.9. The van der Waals surface area contributed by atoms with Gasteiger partial charge in [0, 0.05) is 6.04 Å². The zero-order chi connectivity index (χ0) is 15.1. The van der Waals surface area contributed by atoms with E-state index in [2.05, 4.69) is 10.6 Å². The highest BCUT2D eigenvalue weighted by Crippen LogP contribution is 2.21. The van der Waals surface area contributed by atoms with Crippen LogP contribution in [0.3, 0.4) is 0 Å². The molecule has 0 saturated heterocycles. The maximum Gasteiger partial charge on any atom is 0.391 e. The van der Waals surface area contributed by atoms with Crippen LogP contribution in [0.25, 0.3) is 0 Å². The van der Waals surface area contributed by atoms with Gasteiger partial charge in [-0.15, -0.1) is 0 Å². The Balaban J connectivity index is 4.22. The lowest BCUT2D eigenvalue weighted by Crippen LogP contribution is -2.49. The smallest absolute Gasteiger partial charge is 0.391 e. The third kappa shape index (κ3) is 9.15. The van der Waals surface area contributed by atoms with Crippen molar-refractivity contribution < 1.29 is 27.9 Å². The Morgan fingerprint density at radius 2 is 1.84 bits per heavy atom. The van der Waals surface area contributed by atoms with Gasteiger partial charge in [-0.1, -0.05) is 19.8 Å². The fraction of sp³-hybridized carbons (Fsp3) is 0.818. The molecule has 8 heteroatoms. The number of alkyl halides is 3. The molecule has 0 aliphatic heterocycles. The quantitative estimate of drug-likeness (QED) is 0.671. The van der Waals surface area contributed by atoms with Gasteiger partial charge in [-0.3, -0.25) is 0 Å². The maximum absolute atomic E-state index is 12.0. The van der Waals surface area contributed by atoms with Crippen molar-refractivity contribution in [3.63, 3.8) is 0 Å². The van der Waals surface area contributed by atoms with E-state index in [1.54, 1.807) is 0 Å². The van der Waals surface area contributed by atoms with Gasteiger partial charge in [0.1, 0.15) is 6.04 Å². The Hall–Kier alpha value is -1.47. The highest BCUT2D eigenvalue weighted by molar-refractivity contribution is 5.82. The van der Waals surface area contributed by atoms with Gasteiger partial charge in [0.15, 0.2) is 0 Å². The summed E-state index contributed by atoms with van der Waals surface area (Å²) in [6.07, 6.45) is -3.92. The van der Waals surface area contributed by atoms with Crippen LogP contribution in [0.2, 0.25) is 0 Å². The molecule has 112 valence electrons. The first-order valence-electron chi connectivity index (χ1n) is 6.02. The molecular weight excluding hydrogens is 265 g/mol. The minimum atomic E-state index is -4.37. The molecule has 0 aliphatic rings. The first-order chi connectivity index (χ1) is 8.65. The monoisotopic (exact) mass is 284 g/mol. The van der Waals surface area contributed by atoms with Crippen LogP contribution in [0, 0.1) is 0 Å². The Labute approximate surface area is 109 Å². The summed E-state index contributed by atoms with van der Waals surface area (Å²) >= 11 is 0. The molecule has 0 spiro atoms. The molecule has 2 unspecified atom stereocenters. The van der Waals surface area contributed by atoms with Crippen LogP contribution in [0.5, 0.6) is 0 Å². The van der Waals surface area contributed by atoms with Crippen molar-refractivity contribution in [1.29, 1.82) is 0 Å². The number of aliphatic carboxylic acids is 1. The van der Waals surface area contributed by atoms with Gasteiger partial charge in [0.25, 0.3) is 0 Å². The Morgan fingerprint density at radius 3 is 2.26 bits per heavy atom.